The molecule has 0 amide bonds. The molecule has 1 saturated heterocycles. The van der Waals surface area contributed by atoms with E-state index in [2.05, 4.69) is 15.9 Å². The molecular formula is C11H21N3O. The summed E-state index contributed by atoms with van der Waals surface area (Å²) in [4.78, 5) is 4.69. The number of hydrogen-bond acceptors (Lipinski definition) is 4. The molecule has 0 atom stereocenters. The molecule has 0 saturated carbocycles. The van der Waals surface area contributed by atoms with Crippen LogP contribution in [0.2, 0.25) is 0 Å². The predicted molar refractivity (Wildman–Crippen MR) is 59.6 cm³/mol. The summed E-state index contributed by atoms with van der Waals surface area (Å²) in [7, 11) is 1.75. The molecule has 1 aliphatic rings. The molecule has 0 radical (unpaired) electrons. The van der Waals surface area contributed by atoms with Crippen LogP contribution in [0, 0.1) is 11.3 Å². The van der Waals surface area contributed by atoms with Gasteiger partial charge in [-0.25, -0.2) is 0 Å². The van der Waals surface area contributed by atoms with E-state index in [0.717, 1.165) is 39.2 Å². The molecule has 1 heterocycles. The molecule has 0 aromatic rings. The third-order valence-corrected chi connectivity index (χ3v) is 2.83. The summed E-state index contributed by atoms with van der Waals surface area (Å²) < 4.78 is 5.02. The van der Waals surface area contributed by atoms with Crippen LogP contribution in [0.15, 0.2) is 0 Å². The zero-order valence-corrected chi connectivity index (χ0v) is 9.61. The highest BCUT2D eigenvalue weighted by Gasteiger charge is 2.15. The van der Waals surface area contributed by atoms with E-state index in [1.165, 1.54) is 13.0 Å². The summed E-state index contributed by atoms with van der Waals surface area (Å²) in [6.45, 7) is 6.91. The SMILES string of the molecule is COCCCCN1CCN(CC#N)CC1. The van der Waals surface area contributed by atoms with Crippen molar-refractivity contribution in [2.45, 2.75) is 12.8 Å². The Morgan fingerprint density at radius 3 is 2.40 bits per heavy atom. The Labute approximate surface area is 92.4 Å². The molecule has 1 rings (SSSR count). The fourth-order valence-electron chi connectivity index (χ4n) is 1.85. The summed E-state index contributed by atoms with van der Waals surface area (Å²) in [5.74, 6) is 0. The molecule has 4 nitrogen and oxygen atoms in total. The van der Waals surface area contributed by atoms with Gasteiger partial charge in [0.2, 0.25) is 0 Å². The van der Waals surface area contributed by atoms with Gasteiger partial charge in [0.05, 0.1) is 12.6 Å². The number of nitrogens with zero attached hydrogens (tertiary/aromatic N) is 3. The fraction of sp³-hybridized carbons (Fsp3) is 0.909. The summed E-state index contributed by atoms with van der Waals surface area (Å²) in [5, 5.41) is 8.57. The molecule has 0 aliphatic carbocycles. The Morgan fingerprint density at radius 1 is 1.13 bits per heavy atom. The van der Waals surface area contributed by atoms with Gasteiger partial charge in [0.25, 0.3) is 0 Å². The van der Waals surface area contributed by atoms with Gasteiger partial charge in [-0.05, 0) is 19.4 Å². The van der Waals surface area contributed by atoms with Gasteiger partial charge in [0.1, 0.15) is 0 Å². The minimum atomic E-state index is 0.581. The minimum absolute atomic E-state index is 0.581. The monoisotopic (exact) mass is 211 g/mol. The number of methoxy groups -OCH3 is 1. The Kier molecular flexibility index (Phi) is 6.33. The van der Waals surface area contributed by atoms with Gasteiger partial charge >= 0.3 is 0 Å². The Bertz CT molecular complexity index is 194. The lowest BCUT2D eigenvalue weighted by atomic mass is 10.2. The molecule has 86 valence electrons. The van der Waals surface area contributed by atoms with Crippen molar-refractivity contribution in [3.63, 3.8) is 0 Å². The van der Waals surface area contributed by atoms with Gasteiger partial charge in [-0.3, -0.25) is 4.90 Å². The van der Waals surface area contributed by atoms with E-state index >= 15 is 0 Å². The smallest absolute Gasteiger partial charge is 0.0866 e. The fourth-order valence-corrected chi connectivity index (χ4v) is 1.85. The maximum Gasteiger partial charge on any atom is 0.0866 e. The first kappa shape index (κ1) is 12.4. The molecular weight excluding hydrogens is 190 g/mol. The normalized spacial score (nSPS) is 18.9. The number of unbranched alkanes of at least 4 members (excludes halogenated alkanes) is 1. The molecule has 0 unspecified atom stereocenters. The van der Waals surface area contributed by atoms with Crippen LogP contribution in [-0.4, -0.2) is 62.8 Å². The molecule has 15 heavy (non-hydrogen) atoms. The van der Waals surface area contributed by atoms with Gasteiger partial charge in [-0.15, -0.1) is 0 Å². The van der Waals surface area contributed by atoms with Gasteiger partial charge in [0, 0.05) is 39.9 Å². The number of nitriles is 1. The zero-order chi connectivity index (χ0) is 10.9. The van der Waals surface area contributed by atoms with Crippen molar-refractivity contribution >= 4 is 0 Å². The standard InChI is InChI=1S/C11H21N3O/c1-15-11-3-2-5-13-7-9-14(6-4-12)10-8-13/h2-3,5-11H2,1H3. The number of ether oxygens (including phenoxy) is 1. The Balaban J connectivity index is 2.02. The van der Waals surface area contributed by atoms with E-state index in [0.29, 0.717) is 6.54 Å². The van der Waals surface area contributed by atoms with Crippen molar-refractivity contribution in [3.8, 4) is 6.07 Å². The van der Waals surface area contributed by atoms with Crippen LogP contribution < -0.4 is 0 Å². The van der Waals surface area contributed by atoms with E-state index in [1.54, 1.807) is 7.11 Å². The van der Waals surface area contributed by atoms with Crippen LogP contribution in [0.3, 0.4) is 0 Å². The first-order valence-corrected chi connectivity index (χ1v) is 5.67. The Morgan fingerprint density at radius 2 is 1.80 bits per heavy atom. The van der Waals surface area contributed by atoms with Gasteiger partial charge in [-0.1, -0.05) is 0 Å². The second-order valence-corrected chi connectivity index (χ2v) is 3.98. The second-order valence-electron chi connectivity index (χ2n) is 3.98. The van der Waals surface area contributed by atoms with Crippen molar-refractivity contribution in [2.75, 3.05) is 53.0 Å². The van der Waals surface area contributed by atoms with Crippen LogP contribution >= 0.6 is 0 Å². The zero-order valence-electron chi connectivity index (χ0n) is 9.61. The summed E-state index contributed by atoms with van der Waals surface area (Å²) in [6, 6.07) is 2.20. The van der Waals surface area contributed by atoms with Crippen LogP contribution in [0.4, 0.5) is 0 Å². The topological polar surface area (TPSA) is 39.5 Å². The predicted octanol–water partition coefficient (Wildman–Crippen LogP) is 0.554. The third-order valence-electron chi connectivity index (χ3n) is 2.83. The van der Waals surface area contributed by atoms with Crippen LogP contribution in [0.5, 0.6) is 0 Å². The van der Waals surface area contributed by atoms with Crippen LogP contribution in [0.25, 0.3) is 0 Å². The summed E-state index contributed by atoms with van der Waals surface area (Å²) in [5.41, 5.74) is 0. The van der Waals surface area contributed by atoms with Crippen molar-refractivity contribution in [3.05, 3.63) is 0 Å². The lowest BCUT2D eigenvalue weighted by Crippen LogP contribution is -2.46. The molecule has 0 aromatic carbocycles. The van der Waals surface area contributed by atoms with Gasteiger partial charge in [-0.2, -0.15) is 5.26 Å². The van der Waals surface area contributed by atoms with Crippen molar-refractivity contribution in [2.24, 2.45) is 0 Å². The van der Waals surface area contributed by atoms with Crippen LogP contribution in [0.1, 0.15) is 12.8 Å². The molecule has 0 aromatic heterocycles. The largest absolute Gasteiger partial charge is 0.385 e. The van der Waals surface area contributed by atoms with Crippen molar-refractivity contribution in [1.82, 2.24) is 9.80 Å². The molecule has 1 fully saturated rings. The maximum absolute atomic E-state index is 8.57. The highest BCUT2D eigenvalue weighted by atomic mass is 16.5. The molecule has 0 spiro atoms. The Hall–Kier alpha value is -0.630. The lowest BCUT2D eigenvalue weighted by molar-refractivity contribution is 0.135. The number of hydrogen-bond donors (Lipinski definition) is 0. The summed E-state index contributed by atoms with van der Waals surface area (Å²) >= 11 is 0. The minimum Gasteiger partial charge on any atom is -0.385 e. The first-order valence-electron chi connectivity index (χ1n) is 5.67. The maximum atomic E-state index is 8.57. The van der Waals surface area contributed by atoms with E-state index in [9.17, 15) is 0 Å². The first-order chi connectivity index (χ1) is 7.36. The number of rotatable bonds is 6. The highest BCUT2D eigenvalue weighted by molar-refractivity contribution is 4.80. The van der Waals surface area contributed by atoms with Gasteiger partial charge in [0.15, 0.2) is 0 Å². The average Bonchev–Trinajstić information content (AvgIpc) is 2.27. The highest BCUT2D eigenvalue weighted by Crippen LogP contribution is 2.02. The van der Waals surface area contributed by atoms with E-state index in [1.807, 2.05) is 0 Å². The molecule has 0 bridgehead atoms. The summed E-state index contributed by atoms with van der Waals surface area (Å²) in [6.07, 6.45) is 2.36. The van der Waals surface area contributed by atoms with Gasteiger partial charge < -0.3 is 9.64 Å². The quantitative estimate of drug-likeness (QED) is 0.475. The van der Waals surface area contributed by atoms with Crippen molar-refractivity contribution in [1.29, 1.82) is 5.26 Å². The lowest BCUT2D eigenvalue weighted by Gasteiger charge is -2.33. The van der Waals surface area contributed by atoms with E-state index in [4.69, 9.17) is 10.00 Å². The van der Waals surface area contributed by atoms with Crippen molar-refractivity contribution < 1.29 is 4.74 Å². The van der Waals surface area contributed by atoms with Crippen LogP contribution in [-0.2, 0) is 4.74 Å². The molecule has 4 heteroatoms. The van der Waals surface area contributed by atoms with E-state index in [-0.39, 0.29) is 0 Å². The molecule has 0 N–H and O–H groups in total. The number of piperazine rings is 1. The van der Waals surface area contributed by atoms with E-state index < -0.39 is 0 Å². The third kappa shape index (κ3) is 5.12. The average molecular weight is 211 g/mol. The molecule has 1 aliphatic heterocycles. The second kappa shape index (κ2) is 7.63.